The highest BCUT2D eigenvalue weighted by atomic mass is 32.1. The van der Waals surface area contributed by atoms with Gasteiger partial charge in [-0.05, 0) is 32.9 Å². The maximum Gasteiger partial charge on any atom is 0.137 e. The number of aromatic nitrogens is 1. The Hall–Kier alpha value is -1.46. The lowest BCUT2D eigenvalue weighted by Crippen LogP contribution is -2.34. The van der Waals surface area contributed by atoms with Crippen molar-refractivity contribution in [3.63, 3.8) is 0 Å². The van der Waals surface area contributed by atoms with Crippen molar-refractivity contribution in [2.75, 3.05) is 7.11 Å². The lowest BCUT2D eigenvalue weighted by Gasteiger charge is -2.19. The average molecular weight is 294 g/mol. The van der Waals surface area contributed by atoms with Crippen LogP contribution in [0.3, 0.4) is 0 Å². The fraction of sp³-hybridized carbons (Fsp3) is 0.400. The predicted molar refractivity (Wildman–Crippen MR) is 80.7 cm³/mol. The summed E-state index contributed by atoms with van der Waals surface area (Å²) in [6.07, 6.45) is 1.79. The maximum atomic E-state index is 14.0. The van der Waals surface area contributed by atoms with Crippen molar-refractivity contribution < 1.29 is 9.13 Å². The first-order chi connectivity index (χ1) is 9.39. The third-order valence-electron chi connectivity index (χ3n) is 2.75. The van der Waals surface area contributed by atoms with Crippen LogP contribution >= 0.6 is 11.3 Å². The van der Waals surface area contributed by atoms with Gasteiger partial charge in [0.2, 0.25) is 0 Å². The third-order valence-corrected chi connectivity index (χ3v) is 3.78. The highest BCUT2D eigenvalue weighted by molar-refractivity contribution is 7.15. The number of benzene rings is 1. The molecule has 3 nitrogen and oxygen atoms in total. The lowest BCUT2D eigenvalue weighted by atomic mass is 10.1. The number of hydrogen-bond acceptors (Lipinski definition) is 4. The van der Waals surface area contributed by atoms with Gasteiger partial charge in [-0.25, -0.2) is 9.37 Å². The van der Waals surface area contributed by atoms with Crippen molar-refractivity contribution >= 4 is 11.3 Å². The minimum absolute atomic E-state index is 0.0511. The molecule has 108 valence electrons. The van der Waals surface area contributed by atoms with Crippen LogP contribution in [0.5, 0.6) is 5.75 Å². The quantitative estimate of drug-likeness (QED) is 0.930. The van der Waals surface area contributed by atoms with Crippen molar-refractivity contribution in [1.29, 1.82) is 0 Å². The van der Waals surface area contributed by atoms with Crippen LogP contribution in [0.4, 0.5) is 4.39 Å². The van der Waals surface area contributed by atoms with Crippen molar-refractivity contribution in [2.45, 2.75) is 32.9 Å². The van der Waals surface area contributed by atoms with Gasteiger partial charge in [-0.3, -0.25) is 0 Å². The summed E-state index contributed by atoms with van der Waals surface area (Å²) in [7, 11) is 1.52. The van der Waals surface area contributed by atoms with Crippen molar-refractivity contribution in [2.24, 2.45) is 0 Å². The Balaban J connectivity index is 2.16. The van der Waals surface area contributed by atoms with E-state index in [1.165, 1.54) is 24.5 Å². The number of thiazole rings is 1. The lowest BCUT2D eigenvalue weighted by molar-refractivity contribution is 0.411. The molecule has 2 aromatic rings. The van der Waals surface area contributed by atoms with Crippen LogP contribution in [0.25, 0.3) is 10.6 Å². The zero-order valence-corrected chi connectivity index (χ0v) is 13.0. The highest BCUT2D eigenvalue weighted by Crippen LogP contribution is 2.29. The molecule has 20 heavy (non-hydrogen) atoms. The van der Waals surface area contributed by atoms with Gasteiger partial charge in [0.15, 0.2) is 0 Å². The van der Waals surface area contributed by atoms with Crippen LogP contribution in [0, 0.1) is 5.82 Å². The first kappa shape index (κ1) is 14.9. The summed E-state index contributed by atoms with van der Waals surface area (Å²) in [5.41, 5.74) is 0.563. The molecule has 0 amide bonds. The number of nitrogens with one attached hydrogen (secondary N) is 1. The number of methoxy groups -OCH3 is 1. The van der Waals surface area contributed by atoms with E-state index in [4.69, 9.17) is 4.74 Å². The Kier molecular flexibility index (Phi) is 4.40. The smallest absolute Gasteiger partial charge is 0.137 e. The predicted octanol–water partition coefficient (Wildman–Crippen LogP) is 3.85. The van der Waals surface area contributed by atoms with E-state index >= 15 is 0 Å². The van der Waals surface area contributed by atoms with E-state index in [1.807, 2.05) is 0 Å². The zero-order chi connectivity index (χ0) is 14.8. The average Bonchev–Trinajstić information content (AvgIpc) is 2.84. The van der Waals surface area contributed by atoms with Crippen LogP contribution in [-0.4, -0.2) is 17.6 Å². The fourth-order valence-electron chi connectivity index (χ4n) is 1.66. The van der Waals surface area contributed by atoms with E-state index in [1.54, 1.807) is 18.3 Å². The second-order valence-corrected chi connectivity index (χ2v) is 6.70. The summed E-state index contributed by atoms with van der Waals surface area (Å²) < 4.78 is 19.0. The Labute approximate surface area is 122 Å². The fourth-order valence-corrected chi connectivity index (χ4v) is 2.54. The van der Waals surface area contributed by atoms with Crippen molar-refractivity contribution in [3.8, 4) is 16.3 Å². The monoisotopic (exact) mass is 294 g/mol. The molecule has 0 spiro atoms. The highest BCUT2D eigenvalue weighted by Gasteiger charge is 2.13. The van der Waals surface area contributed by atoms with E-state index in [9.17, 15) is 4.39 Å². The molecule has 5 heteroatoms. The number of ether oxygens (including phenoxy) is 1. The second-order valence-electron chi connectivity index (χ2n) is 5.58. The molecule has 0 aliphatic carbocycles. The summed E-state index contributed by atoms with van der Waals surface area (Å²) in [5, 5.41) is 4.08. The molecular formula is C15H19FN2OS. The Bertz CT molecular complexity index is 590. The number of hydrogen-bond donors (Lipinski definition) is 1. The minimum atomic E-state index is -0.311. The molecular weight excluding hydrogens is 275 g/mol. The van der Waals surface area contributed by atoms with E-state index in [-0.39, 0.29) is 11.4 Å². The molecule has 0 fully saturated rings. The van der Waals surface area contributed by atoms with Gasteiger partial charge in [0.1, 0.15) is 16.6 Å². The topological polar surface area (TPSA) is 34.1 Å². The number of halogens is 1. The molecule has 0 bridgehead atoms. The summed E-state index contributed by atoms with van der Waals surface area (Å²) in [6, 6.07) is 4.82. The molecule has 0 unspecified atom stereocenters. The molecule has 0 saturated carbocycles. The Morgan fingerprint density at radius 3 is 2.70 bits per heavy atom. The molecule has 0 saturated heterocycles. The normalized spacial score (nSPS) is 11.7. The van der Waals surface area contributed by atoms with E-state index in [0.29, 0.717) is 16.3 Å². The summed E-state index contributed by atoms with van der Waals surface area (Å²) in [6.45, 7) is 7.06. The molecule has 0 radical (unpaired) electrons. The minimum Gasteiger partial charge on any atom is -0.497 e. The van der Waals surface area contributed by atoms with Gasteiger partial charge in [0.25, 0.3) is 0 Å². The molecule has 1 aromatic carbocycles. The van der Waals surface area contributed by atoms with Gasteiger partial charge in [0, 0.05) is 34.8 Å². The molecule has 1 heterocycles. The van der Waals surface area contributed by atoms with Gasteiger partial charge in [-0.2, -0.15) is 0 Å². The first-order valence-corrected chi connectivity index (χ1v) is 7.24. The van der Waals surface area contributed by atoms with E-state index in [0.717, 1.165) is 11.4 Å². The standard InChI is InChI=1S/C15H19FN2OS/c1-15(2,3)18-9-11-8-17-14(20-11)12-6-5-10(19-4)7-13(12)16/h5-8,18H,9H2,1-4H3. The summed E-state index contributed by atoms with van der Waals surface area (Å²) in [4.78, 5) is 5.39. The molecule has 1 aromatic heterocycles. The molecule has 0 aliphatic heterocycles. The molecule has 1 N–H and O–H groups in total. The molecule has 0 atom stereocenters. The molecule has 0 aliphatic rings. The summed E-state index contributed by atoms with van der Waals surface area (Å²) >= 11 is 1.50. The molecule has 2 rings (SSSR count). The van der Waals surface area contributed by atoms with Crippen molar-refractivity contribution in [1.82, 2.24) is 10.3 Å². The van der Waals surface area contributed by atoms with Crippen LogP contribution in [-0.2, 0) is 6.54 Å². The number of nitrogens with zero attached hydrogens (tertiary/aromatic N) is 1. The Morgan fingerprint density at radius 1 is 1.35 bits per heavy atom. The third kappa shape index (κ3) is 3.77. The van der Waals surface area contributed by atoms with Crippen molar-refractivity contribution in [3.05, 3.63) is 35.1 Å². The largest absolute Gasteiger partial charge is 0.497 e. The first-order valence-electron chi connectivity index (χ1n) is 6.43. The van der Waals surface area contributed by atoms with E-state index in [2.05, 4.69) is 31.1 Å². The Morgan fingerprint density at radius 2 is 2.10 bits per heavy atom. The van der Waals surface area contributed by atoms with Gasteiger partial charge in [0.05, 0.1) is 7.11 Å². The summed E-state index contributed by atoms with van der Waals surface area (Å²) in [5.74, 6) is 0.200. The van der Waals surface area contributed by atoms with E-state index < -0.39 is 0 Å². The van der Waals surface area contributed by atoms with Crippen LogP contribution in [0.2, 0.25) is 0 Å². The zero-order valence-electron chi connectivity index (χ0n) is 12.2. The maximum absolute atomic E-state index is 14.0. The van der Waals surface area contributed by atoms with Crippen LogP contribution < -0.4 is 10.1 Å². The van der Waals surface area contributed by atoms with Gasteiger partial charge < -0.3 is 10.1 Å². The van der Waals surface area contributed by atoms with Crippen LogP contribution in [0.1, 0.15) is 25.6 Å². The van der Waals surface area contributed by atoms with Gasteiger partial charge >= 0.3 is 0 Å². The van der Waals surface area contributed by atoms with Gasteiger partial charge in [-0.15, -0.1) is 11.3 Å². The van der Waals surface area contributed by atoms with Crippen LogP contribution in [0.15, 0.2) is 24.4 Å². The number of rotatable bonds is 4. The second kappa shape index (κ2) is 5.89. The van der Waals surface area contributed by atoms with Gasteiger partial charge in [-0.1, -0.05) is 0 Å². The SMILES string of the molecule is COc1ccc(-c2ncc(CNC(C)(C)C)s2)c(F)c1.